The number of thiophene rings is 1. The summed E-state index contributed by atoms with van der Waals surface area (Å²) in [5.74, 6) is -2.05. The maximum Gasteiger partial charge on any atom is 0.287 e. The highest BCUT2D eigenvalue weighted by atomic mass is 32.2. The normalized spacial score (nSPS) is 26.6. The lowest BCUT2D eigenvalue weighted by Gasteiger charge is -2.43. The molecule has 0 radical (unpaired) electrons. The summed E-state index contributed by atoms with van der Waals surface area (Å²) in [6, 6.07) is -0.153. The van der Waals surface area contributed by atoms with E-state index in [1.165, 1.54) is 5.38 Å². The van der Waals surface area contributed by atoms with Gasteiger partial charge in [-0.3, -0.25) is 9.59 Å². The summed E-state index contributed by atoms with van der Waals surface area (Å²) in [5, 5.41) is 4.71. The summed E-state index contributed by atoms with van der Waals surface area (Å²) in [7, 11) is -7.77. The predicted octanol–water partition coefficient (Wildman–Crippen LogP) is 2.33. The number of Topliss-reactive ketones (excluding diaryl/α,β-unsaturated/α-hetero) is 1. The van der Waals surface area contributed by atoms with Gasteiger partial charge in [0.05, 0.1) is 6.26 Å². The molecule has 1 saturated heterocycles. The highest BCUT2D eigenvalue weighted by Crippen LogP contribution is 2.40. The third kappa shape index (κ3) is 5.47. The molecule has 0 aromatic carbocycles. The molecule has 1 unspecified atom stereocenters. The number of amidine groups is 1. The van der Waals surface area contributed by atoms with Crippen molar-refractivity contribution in [1.82, 2.24) is 9.62 Å². The molecule has 1 aromatic rings. The van der Waals surface area contributed by atoms with Gasteiger partial charge in [0, 0.05) is 30.6 Å². The number of carbonyl (C=O) groups excluding carboxylic acids is 2. The maximum absolute atomic E-state index is 13.7. The second-order valence-corrected chi connectivity index (χ2v) is 14.2. The number of hydrogen-bond acceptors (Lipinski definition) is 8. The molecule has 2 fully saturated rings. The molecule has 4 rings (SSSR count). The number of nitrogens with one attached hydrogen (secondary N) is 2. The summed E-state index contributed by atoms with van der Waals surface area (Å²) in [6.07, 6.45) is 6.10. The quantitative estimate of drug-likeness (QED) is 0.502. The van der Waals surface area contributed by atoms with Gasteiger partial charge in [-0.1, -0.05) is 33.1 Å². The van der Waals surface area contributed by atoms with Crippen molar-refractivity contribution in [2.75, 3.05) is 18.1 Å². The molecule has 13 heteroatoms. The average Bonchev–Trinajstić information content (AvgIpc) is 3.00. The lowest BCUT2D eigenvalue weighted by atomic mass is 9.77. The van der Waals surface area contributed by atoms with Crippen molar-refractivity contribution in [3.05, 3.63) is 10.9 Å². The van der Waals surface area contributed by atoms with E-state index in [9.17, 15) is 26.4 Å². The number of fused-ring (bicyclic) bond motifs is 2. The number of hydrogen-bond donors (Lipinski definition) is 2. The van der Waals surface area contributed by atoms with Crippen LogP contribution < -0.4 is 10.0 Å². The number of nitrogens with zero attached hydrogens (tertiary/aromatic N) is 2. The molecule has 2 N–H and O–H groups in total. The van der Waals surface area contributed by atoms with Gasteiger partial charge in [0.15, 0.2) is 11.7 Å². The number of amides is 1. The van der Waals surface area contributed by atoms with Crippen LogP contribution in [0.25, 0.3) is 0 Å². The van der Waals surface area contributed by atoms with Crippen LogP contribution in [0.5, 0.6) is 0 Å². The minimum Gasteiger partial charge on any atom is -0.338 e. The number of sulfonamides is 2. The molecule has 0 bridgehead atoms. The molecule has 1 aromatic heterocycles. The minimum absolute atomic E-state index is 0.123. The van der Waals surface area contributed by atoms with Gasteiger partial charge in [-0.25, -0.2) is 13.1 Å². The fourth-order valence-electron chi connectivity index (χ4n) is 5.10. The van der Waals surface area contributed by atoms with Gasteiger partial charge in [0.1, 0.15) is 15.7 Å². The monoisotopic (exact) mass is 544 g/mol. The highest BCUT2D eigenvalue weighted by Gasteiger charge is 2.51. The van der Waals surface area contributed by atoms with Crippen molar-refractivity contribution >= 4 is 53.9 Å². The van der Waals surface area contributed by atoms with Gasteiger partial charge >= 0.3 is 0 Å². The summed E-state index contributed by atoms with van der Waals surface area (Å²) in [6.45, 7) is 4.47. The molecule has 3 heterocycles. The van der Waals surface area contributed by atoms with Gasteiger partial charge in [0.25, 0.3) is 10.0 Å². The topological polar surface area (TPSA) is 142 Å². The van der Waals surface area contributed by atoms with Crippen molar-refractivity contribution < 1.29 is 26.4 Å². The molecule has 2 aliphatic heterocycles. The van der Waals surface area contributed by atoms with E-state index < -0.39 is 26.0 Å². The third-order valence-electron chi connectivity index (χ3n) is 6.84. The van der Waals surface area contributed by atoms with E-state index >= 15 is 0 Å². The second-order valence-electron chi connectivity index (χ2n) is 9.95. The summed E-state index contributed by atoms with van der Waals surface area (Å²) in [5.41, 5.74) is 0.259. The SMILES string of the molecule is CC(C)CCN1C(=O)C(C2=NS(=O)(=O)c3c(CNS(C)(=O)=O)csc3N2)C(=O)[C@@H]2CCCCC[C@@H]21. The summed E-state index contributed by atoms with van der Waals surface area (Å²) >= 11 is 1.07. The third-order valence-corrected chi connectivity index (χ3v) is 10.0. The Kier molecular flexibility index (Phi) is 7.43. The smallest absolute Gasteiger partial charge is 0.287 e. The lowest BCUT2D eigenvalue weighted by Crippen LogP contribution is -2.60. The van der Waals surface area contributed by atoms with E-state index in [0.717, 1.165) is 49.7 Å². The second kappa shape index (κ2) is 9.91. The predicted molar refractivity (Wildman–Crippen MR) is 134 cm³/mol. The van der Waals surface area contributed by atoms with Crippen LogP contribution in [-0.4, -0.2) is 58.1 Å². The van der Waals surface area contributed by atoms with E-state index in [4.69, 9.17) is 0 Å². The fourth-order valence-corrected chi connectivity index (χ4v) is 8.17. The van der Waals surface area contributed by atoms with Gasteiger partial charge < -0.3 is 10.2 Å². The van der Waals surface area contributed by atoms with Crippen LogP contribution in [0, 0.1) is 17.8 Å². The zero-order valence-corrected chi connectivity index (χ0v) is 22.6. The van der Waals surface area contributed by atoms with Gasteiger partial charge in [-0.2, -0.15) is 8.42 Å². The lowest BCUT2D eigenvalue weighted by molar-refractivity contribution is -0.150. The molecular formula is C22H32N4O6S3. The molecule has 194 valence electrons. The highest BCUT2D eigenvalue weighted by molar-refractivity contribution is 7.91. The first-order valence-electron chi connectivity index (χ1n) is 11.9. The Morgan fingerprint density at radius 1 is 1.23 bits per heavy atom. The van der Waals surface area contributed by atoms with Crippen LogP contribution in [0.4, 0.5) is 5.00 Å². The first kappa shape index (κ1) is 26.2. The summed E-state index contributed by atoms with van der Waals surface area (Å²) in [4.78, 5) is 29.0. The molecule has 3 atom stereocenters. The van der Waals surface area contributed by atoms with Crippen molar-refractivity contribution in [3.63, 3.8) is 0 Å². The van der Waals surface area contributed by atoms with Crippen molar-refractivity contribution in [2.24, 2.45) is 22.2 Å². The molecule has 0 spiro atoms. The Bertz CT molecular complexity index is 1250. The molecule has 3 aliphatic rings. The largest absolute Gasteiger partial charge is 0.338 e. The number of likely N-dealkylation sites (tertiary alicyclic amines) is 1. The number of ketones is 1. The number of anilines is 1. The van der Waals surface area contributed by atoms with Crippen molar-refractivity contribution in [1.29, 1.82) is 0 Å². The number of carbonyl (C=O) groups is 2. The van der Waals surface area contributed by atoms with Crippen LogP contribution in [0.15, 0.2) is 14.7 Å². The van der Waals surface area contributed by atoms with E-state index in [-0.39, 0.29) is 51.5 Å². The molecular weight excluding hydrogens is 512 g/mol. The Morgan fingerprint density at radius 2 is 1.94 bits per heavy atom. The van der Waals surface area contributed by atoms with E-state index in [2.05, 4.69) is 28.3 Å². The Morgan fingerprint density at radius 3 is 2.63 bits per heavy atom. The average molecular weight is 545 g/mol. The standard InChI is InChI=1S/C22H32N4O6S3/c1-13(2)9-10-26-16-8-6-4-5-7-15(16)18(27)17(22(26)28)20-24-21-19(35(31,32)25-20)14(12-33-21)11-23-34(3,29)30/h12-13,15-17,23H,4-11H2,1-3H3,(H,24,25)/t15-,16+,17?/m1/s1. The van der Waals surface area contributed by atoms with Crippen LogP contribution in [0.1, 0.15) is 57.9 Å². The van der Waals surface area contributed by atoms with Crippen LogP contribution in [0.2, 0.25) is 0 Å². The first-order chi connectivity index (χ1) is 16.4. The van der Waals surface area contributed by atoms with Gasteiger partial charge in [0.2, 0.25) is 15.9 Å². The van der Waals surface area contributed by atoms with E-state index in [1.54, 1.807) is 4.90 Å². The van der Waals surface area contributed by atoms with E-state index in [0.29, 0.717) is 18.9 Å². The Balaban J connectivity index is 1.68. The minimum atomic E-state index is -4.24. The molecule has 1 saturated carbocycles. The maximum atomic E-state index is 13.7. The van der Waals surface area contributed by atoms with Crippen LogP contribution in [0.3, 0.4) is 0 Å². The fraction of sp³-hybridized carbons (Fsp3) is 0.682. The van der Waals surface area contributed by atoms with Crippen molar-refractivity contribution in [2.45, 2.75) is 69.9 Å². The molecule has 1 amide bonds. The number of piperidine rings is 1. The molecule has 10 nitrogen and oxygen atoms in total. The zero-order valence-electron chi connectivity index (χ0n) is 20.1. The Labute approximate surface area is 210 Å². The molecule has 35 heavy (non-hydrogen) atoms. The van der Waals surface area contributed by atoms with Crippen LogP contribution >= 0.6 is 11.3 Å². The number of rotatable bonds is 7. The molecule has 1 aliphatic carbocycles. The summed E-state index contributed by atoms with van der Waals surface area (Å²) < 4.78 is 55.4. The Hall–Kier alpha value is -1.83. The van der Waals surface area contributed by atoms with Gasteiger partial charge in [-0.15, -0.1) is 15.7 Å². The van der Waals surface area contributed by atoms with Gasteiger partial charge in [-0.05, 0) is 30.6 Å². The first-order valence-corrected chi connectivity index (χ1v) is 16.1. The van der Waals surface area contributed by atoms with Crippen LogP contribution in [-0.2, 0) is 36.2 Å². The van der Waals surface area contributed by atoms with Crippen molar-refractivity contribution in [3.8, 4) is 0 Å². The van der Waals surface area contributed by atoms with E-state index in [1.807, 2.05) is 0 Å². The zero-order chi connectivity index (χ0) is 25.5.